The van der Waals surface area contributed by atoms with Crippen LogP contribution in [0.1, 0.15) is 23.0 Å². The summed E-state index contributed by atoms with van der Waals surface area (Å²) >= 11 is 3.31. The van der Waals surface area contributed by atoms with E-state index in [9.17, 15) is 4.79 Å². The molecule has 1 aromatic heterocycles. The molecule has 1 N–H and O–H groups in total. The molecule has 0 aliphatic carbocycles. The van der Waals surface area contributed by atoms with Gasteiger partial charge in [0.15, 0.2) is 0 Å². The molecule has 2 aromatic rings. The summed E-state index contributed by atoms with van der Waals surface area (Å²) in [6.07, 6.45) is 4.74. The van der Waals surface area contributed by atoms with Gasteiger partial charge in [0, 0.05) is 22.4 Å². The first kappa shape index (κ1) is 13.4. The van der Waals surface area contributed by atoms with Crippen LogP contribution in [0.3, 0.4) is 0 Å². The SMILES string of the molecule is C/C(=N\NC(=O)c1ccc(Br)cc1)c1cnccn1. The normalized spacial score (nSPS) is 11.2. The number of carbonyl (C=O) groups is 1. The fourth-order valence-corrected chi connectivity index (χ4v) is 1.61. The van der Waals surface area contributed by atoms with Crippen LogP contribution in [0, 0.1) is 0 Å². The molecule has 0 radical (unpaired) electrons. The van der Waals surface area contributed by atoms with E-state index in [4.69, 9.17) is 0 Å². The Balaban J connectivity index is 2.06. The third-order valence-corrected chi connectivity index (χ3v) is 2.89. The van der Waals surface area contributed by atoms with E-state index < -0.39 is 0 Å². The summed E-state index contributed by atoms with van der Waals surface area (Å²) < 4.78 is 0.920. The Hall–Kier alpha value is -2.08. The Labute approximate surface area is 118 Å². The van der Waals surface area contributed by atoms with Crippen molar-refractivity contribution in [3.63, 3.8) is 0 Å². The van der Waals surface area contributed by atoms with Crippen molar-refractivity contribution in [1.29, 1.82) is 0 Å². The zero-order valence-corrected chi connectivity index (χ0v) is 11.8. The smallest absolute Gasteiger partial charge is 0.267 e. The maximum Gasteiger partial charge on any atom is 0.271 e. The molecular weight excluding hydrogens is 308 g/mol. The van der Waals surface area contributed by atoms with Crippen LogP contribution in [-0.4, -0.2) is 21.6 Å². The number of nitrogens with zero attached hydrogens (tertiary/aromatic N) is 3. The molecule has 5 nitrogen and oxygen atoms in total. The van der Waals surface area contributed by atoms with Crippen molar-refractivity contribution in [2.45, 2.75) is 6.92 Å². The minimum atomic E-state index is -0.268. The average molecular weight is 319 g/mol. The Bertz CT molecular complexity index is 596. The van der Waals surface area contributed by atoms with Crippen LogP contribution in [0.15, 0.2) is 52.4 Å². The lowest BCUT2D eigenvalue weighted by Gasteiger charge is -2.02. The highest BCUT2D eigenvalue weighted by molar-refractivity contribution is 9.10. The predicted molar refractivity (Wildman–Crippen MR) is 75.9 cm³/mol. The molecular formula is C13H11BrN4O. The van der Waals surface area contributed by atoms with Crippen molar-refractivity contribution in [2.75, 3.05) is 0 Å². The zero-order chi connectivity index (χ0) is 13.7. The third kappa shape index (κ3) is 3.69. The van der Waals surface area contributed by atoms with Crippen LogP contribution in [0.2, 0.25) is 0 Å². The average Bonchev–Trinajstić information content (AvgIpc) is 2.46. The van der Waals surface area contributed by atoms with Crippen LogP contribution in [0.5, 0.6) is 0 Å². The Morgan fingerprint density at radius 1 is 1.26 bits per heavy atom. The third-order valence-electron chi connectivity index (χ3n) is 2.37. The van der Waals surface area contributed by atoms with Gasteiger partial charge in [-0.15, -0.1) is 0 Å². The van der Waals surface area contributed by atoms with E-state index in [1.807, 2.05) is 0 Å². The van der Waals surface area contributed by atoms with Crippen molar-refractivity contribution >= 4 is 27.5 Å². The summed E-state index contributed by atoms with van der Waals surface area (Å²) in [7, 11) is 0. The first-order valence-electron chi connectivity index (χ1n) is 5.53. The topological polar surface area (TPSA) is 67.2 Å². The van der Waals surface area contributed by atoms with Crippen molar-refractivity contribution in [3.05, 3.63) is 58.6 Å². The van der Waals surface area contributed by atoms with E-state index in [0.29, 0.717) is 17.0 Å². The summed E-state index contributed by atoms with van der Waals surface area (Å²) in [5, 5.41) is 4.00. The van der Waals surface area contributed by atoms with Gasteiger partial charge in [0.25, 0.3) is 5.91 Å². The van der Waals surface area contributed by atoms with Gasteiger partial charge in [0.2, 0.25) is 0 Å². The highest BCUT2D eigenvalue weighted by atomic mass is 79.9. The van der Waals surface area contributed by atoms with E-state index in [2.05, 4.69) is 36.4 Å². The Morgan fingerprint density at radius 3 is 2.63 bits per heavy atom. The molecule has 0 unspecified atom stereocenters. The second-order valence-corrected chi connectivity index (χ2v) is 4.65. The maximum atomic E-state index is 11.8. The molecule has 0 saturated carbocycles. The molecule has 2 rings (SSSR count). The van der Waals surface area contributed by atoms with Gasteiger partial charge in [-0.3, -0.25) is 14.8 Å². The standard InChI is InChI=1S/C13H11BrN4O/c1-9(12-8-15-6-7-16-12)17-18-13(19)10-2-4-11(14)5-3-10/h2-8H,1H3,(H,18,19)/b17-9+. The molecule has 0 bridgehead atoms. The molecule has 0 aliphatic heterocycles. The molecule has 0 saturated heterocycles. The number of nitrogens with one attached hydrogen (secondary N) is 1. The van der Waals surface area contributed by atoms with Gasteiger partial charge in [0.05, 0.1) is 11.9 Å². The van der Waals surface area contributed by atoms with Gasteiger partial charge in [-0.25, -0.2) is 5.43 Å². The fourth-order valence-electron chi connectivity index (χ4n) is 1.34. The van der Waals surface area contributed by atoms with E-state index in [1.165, 1.54) is 0 Å². The summed E-state index contributed by atoms with van der Waals surface area (Å²) in [6.45, 7) is 1.76. The molecule has 0 aliphatic rings. The van der Waals surface area contributed by atoms with Crippen LogP contribution < -0.4 is 5.43 Å². The van der Waals surface area contributed by atoms with Gasteiger partial charge in [-0.2, -0.15) is 5.10 Å². The highest BCUT2D eigenvalue weighted by Gasteiger charge is 2.04. The Morgan fingerprint density at radius 2 is 2.00 bits per heavy atom. The number of hydrogen-bond donors (Lipinski definition) is 1. The van der Waals surface area contributed by atoms with E-state index >= 15 is 0 Å². The van der Waals surface area contributed by atoms with Gasteiger partial charge < -0.3 is 0 Å². The van der Waals surface area contributed by atoms with Gasteiger partial charge >= 0.3 is 0 Å². The first-order valence-corrected chi connectivity index (χ1v) is 6.32. The van der Waals surface area contributed by atoms with E-state index in [0.717, 1.165) is 4.47 Å². The predicted octanol–water partition coefficient (Wildman–Crippen LogP) is 2.39. The first-order chi connectivity index (χ1) is 9.16. The largest absolute Gasteiger partial charge is 0.271 e. The van der Waals surface area contributed by atoms with Crippen LogP contribution >= 0.6 is 15.9 Å². The van der Waals surface area contributed by atoms with Crippen LogP contribution in [-0.2, 0) is 0 Å². The van der Waals surface area contributed by atoms with Crippen molar-refractivity contribution in [1.82, 2.24) is 15.4 Å². The fraction of sp³-hybridized carbons (Fsp3) is 0.0769. The summed E-state index contributed by atoms with van der Waals surface area (Å²) in [5.74, 6) is -0.268. The monoisotopic (exact) mass is 318 g/mol. The number of benzene rings is 1. The second-order valence-electron chi connectivity index (χ2n) is 3.74. The summed E-state index contributed by atoms with van der Waals surface area (Å²) in [5.41, 5.74) is 4.24. The number of carbonyl (C=O) groups excluding carboxylic acids is 1. The molecule has 1 amide bonds. The molecule has 1 heterocycles. The second kappa shape index (κ2) is 6.19. The number of rotatable bonds is 3. The number of hydrogen-bond acceptors (Lipinski definition) is 4. The molecule has 0 spiro atoms. The lowest BCUT2D eigenvalue weighted by atomic mass is 10.2. The number of hydrazone groups is 1. The Kier molecular flexibility index (Phi) is 4.35. The van der Waals surface area contributed by atoms with Crippen molar-refractivity contribution in [3.8, 4) is 0 Å². The van der Waals surface area contributed by atoms with Gasteiger partial charge in [0.1, 0.15) is 5.69 Å². The highest BCUT2D eigenvalue weighted by Crippen LogP contribution is 2.10. The van der Waals surface area contributed by atoms with E-state index in [1.54, 1.807) is 49.8 Å². The van der Waals surface area contributed by atoms with E-state index in [-0.39, 0.29) is 5.91 Å². The summed E-state index contributed by atoms with van der Waals surface area (Å²) in [6, 6.07) is 7.03. The lowest BCUT2D eigenvalue weighted by Crippen LogP contribution is -2.19. The van der Waals surface area contributed by atoms with Crippen LogP contribution in [0.4, 0.5) is 0 Å². The van der Waals surface area contributed by atoms with Gasteiger partial charge in [-0.1, -0.05) is 15.9 Å². The van der Waals surface area contributed by atoms with Crippen LogP contribution in [0.25, 0.3) is 0 Å². The number of halogens is 1. The van der Waals surface area contributed by atoms with Gasteiger partial charge in [-0.05, 0) is 31.2 Å². The molecule has 96 valence electrons. The maximum absolute atomic E-state index is 11.8. The zero-order valence-electron chi connectivity index (χ0n) is 10.2. The molecule has 0 fully saturated rings. The molecule has 19 heavy (non-hydrogen) atoms. The van der Waals surface area contributed by atoms with Crippen molar-refractivity contribution in [2.24, 2.45) is 5.10 Å². The van der Waals surface area contributed by atoms with Crippen molar-refractivity contribution < 1.29 is 4.79 Å². The molecule has 0 atom stereocenters. The minimum absolute atomic E-state index is 0.268. The lowest BCUT2D eigenvalue weighted by molar-refractivity contribution is 0.0955. The molecule has 6 heteroatoms. The molecule has 1 aromatic carbocycles. The quantitative estimate of drug-likeness (QED) is 0.698. The minimum Gasteiger partial charge on any atom is -0.267 e. The summed E-state index contributed by atoms with van der Waals surface area (Å²) in [4.78, 5) is 19.9. The number of amides is 1. The number of aromatic nitrogens is 2.